The molecule has 0 aromatic heterocycles. The van der Waals surface area contributed by atoms with Crippen LogP contribution >= 0.6 is 0 Å². The highest BCUT2D eigenvalue weighted by atomic mass is 16.4. The van der Waals surface area contributed by atoms with Gasteiger partial charge in [-0.1, -0.05) is 6.07 Å². The third-order valence-electron chi connectivity index (χ3n) is 3.52. The molecular formula is C15H19NO3. The van der Waals surface area contributed by atoms with Crippen molar-refractivity contribution >= 4 is 17.6 Å². The third kappa shape index (κ3) is 3.81. The van der Waals surface area contributed by atoms with Gasteiger partial charge in [0.05, 0.1) is 6.42 Å². The van der Waals surface area contributed by atoms with Crippen LogP contribution in [0.25, 0.3) is 0 Å². The van der Waals surface area contributed by atoms with E-state index in [1.54, 1.807) is 0 Å². The molecule has 0 heterocycles. The highest BCUT2D eigenvalue weighted by Gasteiger charge is 2.45. The first-order chi connectivity index (χ1) is 8.88. The van der Waals surface area contributed by atoms with E-state index in [2.05, 4.69) is 5.32 Å². The summed E-state index contributed by atoms with van der Waals surface area (Å²) in [6.07, 6.45) is 2.05. The number of carboxylic acids is 1. The van der Waals surface area contributed by atoms with E-state index in [9.17, 15) is 9.59 Å². The molecule has 102 valence electrons. The van der Waals surface area contributed by atoms with Gasteiger partial charge >= 0.3 is 5.97 Å². The number of carboxylic acid groups (broad SMARTS) is 1. The molecule has 19 heavy (non-hydrogen) atoms. The number of nitrogens with one attached hydrogen (secondary N) is 1. The molecule has 0 bridgehead atoms. The van der Waals surface area contributed by atoms with Crippen molar-refractivity contribution < 1.29 is 14.7 Å². The molecule has 4 nitrogen and oxygen atoms in total. The van der Waals surface area contributed by atoms with E-state index in [0.717, 1.165) is 29.7 Å². The maximum Gasteiger partial charge on any atom is 0.303 e. The maximum absolute atomic E-state index is 12.0. The van der Waals surface area contributed by atoms with Crippen LogP contribution in [0.3, 0.4) is 0 Å². The van der Waals surface area contributed by atoms with E-state index in [1.807, 2.05) is 32.0 Å². The first kappa shape index (κ1) is 13.6. The molecule has 0 spiro atoms. The SMILES string of the molecule is Cc1cc(C)cc(NC(=O)CC2(CC(=O)O)CC2)c1. The summed E-state index contributed by atoms with van der Waals surface area (Å²) in [6, 6.07) is 5.88. The number of aliphatic carboxylic acids is 1. The Morgan fingerprint density at radius 3 is 2.21 bits per heavy atom. The van der Waals surface area contributed by atoms with Crippen molar-refractivity contribution in [1.29, 1.82) is 0 Å². The third-order valence-corrected chi connectivity index (χ3v) is 3.52. The van der Waals surface area contributed by atoms with Gasteiger partial charge in [0.15, 0.2) is 0 Å². The van der Waals surface area contributed by atoms with Crippen LogP contribution in [-0.2, 0) is 9.59 Å². The predicted molar refractivity (Wildman–Crippen MR) is 73.1 cm³/mol. The molecule has 0 radical (unpaired) electrons. The number of hydrogen-bond donors (Lipinski definition) is 2. The molecule has 2 N–H and O–H groups in total. The molecule has 1 saturated carbocycles. The lowest BCUT2D eigenvalue weighted by atomic mass is 9.97. The lowest BCUT2D eigenvalue weighted by Gasteiger charge is -2.13. The molecule has 4 heteroatoms. The molecule has 1 aliphatic carbocycles. The lowest BCUT2D eigenvalue weighted by molar-refractivity contribution is -0.138. The quantitative estimate of drug-likeness (QED) is 0.856. The number of anilines is 1. The van der Waals surface area contributed by atoms with Crippen molar-refractivity contribution in [2.45, 2.75) is 39.5 Å². The Morgan fingerprint density at radius 1 is 1.16 bits per heavy atom. The molecule has 2 rings (SSSR count). The van der Waals surface area contributed by atoms with Crippen LogP contribution in [0.1, 0.15) is 36.8 Å². The molecule has 1 aromatic rings. The van der Waals surface area contributed by atoms with Gasteiger partial charge in [0.25, 0.3) is 0 Å². The first-order valence-electron chi connectivity index (χ1n) is 6.49. The van der Waals surface area contributed by atoms with E-state index in [-0.39, 0.29) is 17.7 Å². The normalized spacial score (nSPS) is 15.9. The van der Waals surface area contributed by atoms with Gasteiger partial charge in [-0.25, -0.2) is 0 Å². The van der Waals surface area contributed by atoms with Crippen LogP contribution in [0.5, 0.6) is 0 Å². The Balaban J connectivity index is 1.96. The standard InChI is InChI=1S/C15H19NO3/c1-10-5-11(2)7-12(6-10)16-13(17)8-15(3-4-15)9-14(18)19/h5-7H,3-4,8-9H2,1-2H3,(H,16,17)(H,18,19). The second kappa shape index (κ2) is 5.03. The highest BCUT2D eigenvalue weighted by molar-refractivity contribution is 5.92. The zero-order valence-electron chi connectivity index (χ0n) is 11.3. The van der Waals surface area contributed by atoms with Gasteiger partial charge in [-0.05, 0) is 55.4 Å². The van der Waals surface area contributed by atoms with Gasteiger partial charge in [0.2, 0.25) is 5.91 Å². The highest BCUT2D eigenvalue weighted by Crippen LogP contribution is 2.51. The summed E-state index contributed by atoms with van der Waals surface area (Å²) in [4.78, 5) is 22.7. The summed E-state index contributed by atoms with van der Waals surface area (Å²) >= 11 is 0. The summed E-state index contributed by atoms with van der Waals surface area (Å²) in [5.74, 6) is -0.916. The van der Waals surface area contributed by atoms with Crippen LogP contribution in [0.15, 0.2) is 18.2 Å². The molecule has 0 unspecified atom stereocenters. The van der Waals surface area contributed by atoms with Crippen molar-refractivity contribution in [3.63, 3.8) is 0 Å². The zero-order valence-corrected chi connectivity index (χ0v) is 11.3. The fourth-order valence-corrected chi connectivity index (χ4v) is 2.51. The smallest absolute Gasteiger partial charge is 0.303 e. The van der Waals surface area contributed by atoms with Crippen LogP contribution in [0, 0.1) is 19.3 Å². The van der Waals surface area contributed by atoms with Gasteiger partial charge in [-0.2, -0.15) is 0 Å². The van der Waals surface area contributed by atoms with Crippen molar-refractivity contribution in [3.8, 4) is 0 Å². The minimum Gasteiger partial charge on any atom is -0.481 e. The summed E-state index contributed by atoms with van der Waals surface area (Å²) in [6.45, 7) is 3.96. The van der Waals surface area contributed by atoms with Crippen LogP contribution in [-0.4, -0.2) is 17.0 Å². The van der Waals surface area contributed by atoms with Gasteiger partial charge in [0.1, 0.15) is 0 Å². The Labute approximate surface area is 112 Å². The molecule has 0 saturated heterocycles. The second-order valence-corrected chi connectivity index (χ2v) is 5.67. The molecule has 0 atom stereocenters. The number of rotatable bonds is 5. The topological polar surface area (TPSA) is 66.4 Å². The molecule has 1 amide bonds. The molecule has 1 aliphatic rings. The number of hydrogen-bond acceptors (Lipinski definition) is 2. The van der Waals surface area contributed by atoms with Crippen molar-refractivity contribution in [3.05, 3.63) is 29.3 Å². The van der Waals surface area contributed by atoms with Crippen molar-refractivity contribution in [2.24, 2.45) is 5.41 Å². The average Bonchev–Trinajstić information content (AvgIpc) is 2.93. The van der Waals surface area contributed by atoms with Gasteiger partial charge in [-0.3, -0.25) is 9.59 Å². The minimum atomic E-state index is -0.823. The summed E-state index contributed by atoms with van der Waals surface area (Å²) in [5.41, 5.74) is 2.69. The molecule has 1 fully saturated rings. The number of carbonyl (C=O) groups is 2. The van der Waals surface area contributed by atoms with E-state index < -0.39 is 5.97 Å². The molecule has 1 aromatic carbocycles. The second-order valence-electron chi connectivity index (χ2n) is 5.67. The zero-order chi connectivity index (χ0) is 14.0. The summed E-state index contributed by atoms with van der Waals surface area (Å²) in [7, 11) is 0. The minimum absolute atomic E-state index is 0.0905. The molecule has 0 aliphatic heterocycles. The summed E-state index contributed by atoms with van der Waals surface area (Å²) in [5, 5.41) is 11.7. The van der Waals surface area contributed by atoms with Gasteiger partial charge in [0, 0.05) is 12.1 Å². The van der Waals surface area contributed by atoms with E-state index in [1.165, 1.54) is 0 Å². The Morgan fingerprint density at radius 2 is 1.74 bits per heavy atom. The van der Waals surface area contributed by atoms with Gasteiger partial charge in [-0.15, -0.1) is 0 Å². The van der Waals surface area contributed by atoms with E-state index in [4.69, 9.17) is 5.11 Å². The Bertz CT molecular complexity index is 498. The number of carbonyl (C=O) groups excluding carboxylic acids is 1. The monoisotopic (exact) mass is 261 g/mol. The number of aryl methyl sites for hydroxylation is 2. The van der Waals surface area contributed by atoms with Crippen LogP contribution in [0.2, 0.25) is 0 Å². The number of amides is 1. The average molecular weight is 261 g/mol. The first-order valence-corrected chi connectivity index (χ1v) is 6.49. The van der Waals surface area contributed by atoms with Crippen molar-refractivity contribution in [1.82, 2.24) is 0 Å². The Kier molecular flexibility index (Phi) is 3.60. The van der Waals surface area contributed by atoms with E-state index in [0.29, 0.717) is 6.42 Å². The predicted octanol–water partition coefficient (Wildman–Crippen LogP) is 2.89. The van der Waals surface area contributed by atoms with Crippen LogP contribution in [0.4, 0.5) is 5.69 Å². The lowest BCUT2D eigenvalue weighted by Crippen LogP contribution is -2.19. The maximum atomic E-state index is 12.0. The fraction of sp³-hybridized carbons (Fsp3) is 0.467. The van der Waals surface area contributed by atoms with Gasteiger partial charge < -0.3 is 10.4 Å². The largest absolute Gasteiger partial charge is 0.481 e. The fourth-order valence-electron chi connectivity index (χ4n) is 2.51. The van der Waals surface area contributed by atoms with Crippen LogP contribution < -0.4 is 5.32 Å². The molecular weight excluding hydrogens is 242 g/mol. The number of benzene rings is 1. The van der Waals surface area contributed by atoms with Crippen molar-refractivity contribution in [2.75, 3.05) is 5.32 Å². The summed E-state index contributed by atoms with van der Waals surface area (Å²) < 4.78 is 0. The Hall–Kier alpha value is -1.84. The van der Waals surface area contributed by atoms with E-state index >= 15 is 0 Å².